The van der Waals surface area contributed by atoms with Gasteiger partial charge in [-0.2, -0.15) is 5.10 Å². The zero-order chi connectivity index (χ0) is 22.7. The van der Waals surface area contributed by atoms with E-state index in [0.29, 0.717) is 6.04 Å². The van der Waals surface area contributed by atoms with Gasteiger partial charge in [0.1, 0.15) is 11.5 Å². The van der Waals surface area contributed by atoms with E-state index in [1.807, 2.05) is 54.7 Å². The number of nitrogens with zero attached hydrogens (tertiary/aromatic N) is 3. The van der Waals surface area contributed by atoms with Gasteiger partial charge in [0.2, 0.25) is 0 Å². The summed E-state index contributed by atoms with van der Waals surface area (Å²) in [7, 11) is 0. The summed E-state index contributed by atoms with van der Waals surface area (Å²) < 4.78 is 5.96. The molecule has 4 heteroatoms. The second-order valence-corrected chi connectivity index (χ2v) is 8.80. The third-order valence-corrected chi connectivity index (χ3v) is 6.66. The zero-order valence-corrected chi connectivity index (χ0v) is 19.0. The fraction of sp³-hybridized carbons (Fsp3) is 0.167. The normalized spacial score (nSPS) is 15.9. The van der Waals surface area contributed by atoms with Crippen molar-refractivity contribution in [3.8, 4) is 22.6 Å². The first kappa shape index (κ1) is 20.7. The van der Waals surface area contributed by atoms with E-state index in [0.717, 1.165) is 43.2 Å². The van der Waals surface area contributed by atoms with Crippen LogP contribution in [0.4, 0.5) is 0 Å². The van der Waals surface area contributed by atoms with Crippen LogP contribution in [-0.2, 0) is 0 Å². The minimum atomic E-state index is 0.338. The molecule has 6 rings (SSSR count). The highest BCUT2D eigenvalue weighted by Gasteiger charge is 2.33. The highest BCUT2D eigenvalue weighted by molar-refractivity contribution is 5.80. The van der Waals surface area contributed by atoms with Crippen LogP contribution in [0.2, 0.25) is 0 Å². The third-order valence-electron chi connectivity index (χ3n) is 6.66. The minimum absolute atomic E-state index is 0.338. The Morgan fingerprint density at radius 1 is 0.647 bits per heavy atom. The van der Waals surface area contributed by atoms with Crippen molar-refractivity contribution in [2.45, 2.75) is 6.04 Å². The first-order valence-electron chi connectivity index (χ1n) is 11.9. The summed E-state index contributed by atoms with van der Waals surface area (Å²) in [5.74, 6) is 1.65. The molecule has 1 aliphatic carbocycles. The molecule has 0 amide bonds. The van der Waals surface area contributed by atoms with E-state index in [1.54, 1.807) is 0 Å². The molecule has 1 aliphatic heterocycles. The molecule has 0 unspecified atom stereocenters. The topological polar surface area (TPSA) is 28.1 Å². The monoisotopic (exact) mass is 445 g/mol. The number of rotatable bonds is 5. The Morgan fingerprint density at radius 3 is 1.97 bits per heavy atom. The highest BCUT2D eigenvalue weighted by atomic mass is 16.5. The van der Waals surface area contributed by atoms with Gasteiger partial charge < -0.3 is 4.74 Å². The Balaban J connectivity index is 1.12. The molecule has 1 saturated heterocycles. The second-order valence-electron chi connectivity index (χ2n) is 8.80. The van der Waals surface area contributed by atoms with Crippen molar-refractivity contribution in [2.75, 3.05) is 26.2 Å². The molecular formula is C30H27N3O. The van der Waals surface area contributed by atoms with Crippen LogP contribution >= 0.6 is 0 Å². The van der Waals surface area contributed by atoms with E-state index in [4.69, 9.17) is 9.84 Å². The maximum atomic E-state index is 5.96. The van der Waals surface area contributed by atoms with Gasteiger partial charge in [0.05, 0.1) is 12.3 Å². The number of piperazine rings is 1. The van der Waals surface area contributed by atoms with Gasteiger partial charge in [-0.05, 0) is 52.1 Å². The van der Waals surface area contributed by atoms with E-state index in [9.17, 15) is 0 Å². The van der Waals surface area contributed by atoms with Crippen molar-refractivity contribution >= 4 is 6.21 Å². The predicted octanol–water partition coefficient (Wildman–Crippen LogP) is 6.20. The number of hydrazone groups is 1. The molecule has 0 bridgehead atoms. The Hall–Kier alpha value is -3.89. The molecule has 34 heavy (non-hydrogen) atoms. The Bertz CT molecular complexity index is 1260. The third kappa shape index (κ3) is 4.09. The first-order chi connectivity index (χ1) is 16.8. The van der Waals surface area contributed by atoms with Gasteiger partial charge in [-0.15, -0.1) is 0 Å². The molecule has 4 aromatic rings. The van der Waals surface area contributed by atoms with Gasteiger partial charge in [0.25, 0.3) is 0 Å². The summed E-state index contributed by atoms with van der Waals surface area (Å²) in [6.45, 7) is 3.80. The van der Waals surface area contributed by atoms with Crippen LogP contribution in [0, 0.1) is 0 Å². The molecule has 1 heterocycles. The van der Waals surface area contributed by atoms with E-state index in [-0.39, 0.29) is 0 Å². The fourth-order valence-electron chi connectivity index (χ4n) is 5.04. The first-order valence-corrected chi connectivity index (χ1v) is 11.9. The van der Waals surface area contributed by atoms with E-state index >= 15 is 0 Å². The van der Waals surface area contributed by atoms with Crippen molar-refractivity contribution in [1.29, 1.82) is 0 Å². The summed E-state index contributed by atoms with van der Waals surface area (Å²) >= 11 is 0. The van der Waals surface area contributed by atoms with Gasteiger partial charge >= 0.3 is 0 Å². The van der Waals surface area contributed by atoms with Crippen LogP contribution in [-0.4, -0.2) is 42.3 Å². The largest absolute Gasteiger partial charge is 0.457 e. The number of fused-ring (bicyclic) bond motifs is 3. The number of para-hydroxylation sites is 1. The van der Waals surface area contributed by atoms with Crippen molar-refractivity contribution < 1.29 is 4.74 Å². The van der Waals surface area contributed by atoms with E-state index in [1.165, 1.54) is 22.3 Å². The molecule has 0 spiro atoms. The fourth-order valence-corrected chi connectivity index (χ4v) is 5.04. The smallest absolute Gasteiger partial charge is 0.128 e. The number of hydrogen-bond donors (Lipinski definition) is 0. The molecule has 1 fully saturated rings. The Morgan fingerprint density at radius 2 is 1.26 bits per heavy atom. The zero-order valence-electron chi connectivity index (χ0n) is 19.0. The van der Waals surface area contributed by atoms with Gasteiger partial charge in [-0.1, -0.05) is 78.9 Å². The van der Waals surface area contributed by atoms with Crippen molar-refractivity contribution in [1.82, 2.24) is 9.91 Å². The predicted molar refractivity (Wildman–Crippen MR) is 137 cm³/mol. The van der Waals surface area contributed by atoms with Crippen molar-refractivity contribution in [2.24, 2.45) is 5.10 Å². The van der Waals surface area contributed by atoms with Crippen LogP contribution < -0.4 is 4.74 Å². The van der Waals surface area contributed by atoms with E-state index in [2.05, 4.69) is 64.5 Å². The lowest BCUT2D eigenvalue weighted by Gasteiger charge is -2.37. The maximum absolute atomic E-state index is 5.96. The second kappa shape index (κ2) is 9.16. The van der Waals surface area contributed by atoms with E-state index < -0.39 is 0 Å². The lowest BCUT2D eigenvalue weighted by Crippen LogP contribution is -2.45. The van der Waals surface area contributed by atoms with Crippen molar-refractivity contribution in [3.05, 3.63) is 120 Å². The maximum Gasteiger partial charge on any atom is 0.128 e. The Labute approximate surface area is 200 Å². The molecular weight excluding hydrogens is 418 g/mol. The van der Waals surface area contributed by atoms with Crippen molar-refractivity contribution in [3.63, 3.8) is 0 Å². The summed E-state index contributed by atoms with van der Waals surface area (Å²) in [6, 6.07) is 35.9. The summed E-state index contributed by atoms with van der Waals surface area (Å²) in [5, 5.41) is 6.95. The quantitative estimate of drug-likeness (QED) is 0.342. The molecule has 0 aromatic heterocycles. The van der Waals surface area contributed by atoms with Gasteiger partial charge in [0.15, 0.2) is 0 Å². The molecule has 0 atom stereocenters. The Kier molecular flexibility index (Phi) is 5.58. The SMILES string of the molecule is C(=N\N1CCN(C2c3ccccc3-c3ccccc32)CC1)/c1cccc(Oc2ccccc2)c1. The van der Waals surface area contributed by atoms with Crippen LogP contribution in [0.5, 0.6) is 11.5 Å². The number of ether oxygens (including phenoxy) is 1. The molecule has 4 nitrogen and oxygen atoms in total. The average molecular weight is 446 g/mol. The highest BCUT2D eigenvalue weighted by Crippen LogP contribution is 2.46. The number of benzene rings is 4. The van der Waals surface area contributed by atoms with Crippen LogP contribution in [0.1, 0.15) is 22.7 Å². The molecule has 0 radical (unpaired) electrons. The van der Waals surface area contributed by atoms with Crippen LogP contribution in [0.15, 0.2) is 108 Å². The van der Waals surface area contributed by atoms with Crippen LogP contribution in [0.25, 0.3) is 11.1 Å². The lowest BCUT2D eigenvalue weighted by molar-refractivity contribution is 0.114. The van der Waals surface area contributed by atoms with Gasteiger partial charge in [-0.3, -0.25) is 9.91 Å². The molecule has 0 saturated carbocycles. The molecule has 168 valence electrons. The van der Waals surface area contributed by atoms with Gasteiger partial charge in [0, 0.05) is 26.2 Å². The standard InChI is InChI=1S/C30H27N3O/c1-2-10-24(11-3-1)34-25-12-8-9-23(21-25)22-31-33-19-17-32(18-20-33)30-28-15-6-4-13-26(28)27-14-5-7-16-29(27)30/h1-16,21-22,30H,17-20H2/b31-22+. The number of hydrogen-bond acceptors (Lipinski definition) is 4. The lowest BCUT2D eigenvalue weighted by atomic mass is 10.0. The van der Waals surface area contributed by atoms with Crippen LogP contribution in [0.3, 0.4) is 0 Å². The molecule has 2 aliphatic rings. The molecule has 0 N–H and O–H groups in total. The summed E-state index contributed by atoms with van der Waals surface area (Å²) in [4.78, 5) is 2.60. The summed E-state index contributed by atoms with van der Waals surface area (Å²) in [6.07, 6.45) is 1.94. The molecule has 4 aromatic carbocycles. The summed E-state index contributed by atoms with van der Waals surface area (Å²) in [5.41, 5.74) is 6.64. The average Bonchev–Trinajstić information content (AvgIpc) is 3.23. The minimum Gasteiger partial charge on any atom is -0.457 e. The van der Waals surface area contributed by atoms with Gasteiger partial charge in [-0.25, -0.2) is 0 Å².